The fourth-order valence-corrected chi connectivity index (χ4v) is 7.02. The van der Waals surface area contributed by atoms with Crippen LogP contribution in [0, 0.1) is 0 Å². The molecule has 1 aliphatic heterocycles. The summed E-state index contributed by atoms with van der Waals surface area (Å²) in [5.41, 5.74) is -0.249. The van der Waals surface area contributed by atoms with Gasteiger partial charge in [0.15, 0.2) is 0 Å². The number of halogens is 2. The van der Waals surface area contributed by atoms with Crippen molar-refractivity contribution in [1.29, 1.82) is 0 Å². The Bertz CT molecular complexity index is 1820. The van der Waals surface area contributed by atoms with Gasteiger partial charge >= 0.3 is 18.0 Å². The summed E-state index contributed by atoms with van der Waals surface area (Å²) in [5, 5.41) is 19.9. The molecule has 0 unspecified atom stereocenters. The quantitative estimate of drug-likeness (QED) is 0.0831. The molecule has 0 saturated carbocycles. The molecule has 1 fully saturated rings. The van der Waals surface area contributed by atoms with Crippen molar-refractivity contribution in [3.63, 3.8) is 0 Å². The molecule has 2 atom stereocenters. The Morgan fingerprint density at radius 1 is 1.02 bits per heavy atom. The van der Waals surface area contributed by atoms with Gasteiger partial charge in [0.25, 0.3) is 0 Å². The van der Waals surface area contributed by atoms with Gasteiger partial charge in [-0.15, -0.1) is 0 Å². The van der Waals surface area contributed by atoms with Crippen molar-refractivity contribution in [1.82, 2.24) is 4.90 Å². The van der Waals surface area contributed by atoms with Crippen LogP contribution >= 0.6 is 23.2 Å². The molecule has 0 radical (unpaired) electrons. The van der Waals surface area contributed by atoms with E-state index in [1.54, 1.807) is 57.2 Å². The number of anilines is 1. The summed E-state index contributed by atoms with van der Waals surface area (Å²) >= 11 is 12.2. The third-order valence-electron chi connectivity index (χ3n) is 8.48. The zero-order valence-corrected chi connectivity index (χ0v) is 31.4. The highest BCUT2D eigenvalue weighted by molar-refractivity contribution is 7.89. The van der Waals surface area contributed by atoms with Crippen molar-refractivity contribution in [2.24, 2.45) is 5.14 Å². The molecule has 52 heavy (non-hydrogen) atoms. The van der Waals surface area contributed by atoms with Crippen molar-refractivity contribution in [3.05, 3.63) is 81.7 Å². The average Bonchev–Trinajstić information content (AvgIpc) is 3.60. The number of nitrogens with zero attached hydrogens (tertiary/aromatic N) is 1. The van der Waals surface area contributed by atoms with Crippen LogP contribution in [0.2, 0.25) is 10.0 Å². The van der Waals surface area contributed by atoms with Crippen LogP contribution in [0.5, 0.6) is 0 Å². The summed E-state index contributed by atoms with van der Waals surface area (Å²) in [5.74, 6) is -2.55. The maximum Gasteiger partial charge on any atom is 0.413 e. The number of hydrogen-bond acceptors (Lipinski definition) is 12. The third-order valence-corrected chi connectivity index (χ3v) is 10.1. The van der Waals surface area contributed by atoms with E-state index < -0.39 is 57.1 Å². The van der Waals surface area contributed by atoms with E-state index in [2.05, 4.69) is 5.32 Å². The predicted octanol–water partition coefficient (Wildman–Crippen LogP) is 6.33. The number of sulfonamides is 1. The van der Waals surface area contributed by atoms with Crippen LogP contribution in [-0.4, -0.2) is 68.0 Å². The van der Waals surface area contributed by atoms with Crippen LogP contribution in [-0.2, 0) is 46.1 Å². The van der Waals surface area contributed by atoms with Crippen LogP contribution in [0.1, 0.15) is 81.0 Å². The summed E-state index contributed by atoms with van der Waals surface area (Å²) in [7, 11) is -4.20. The van der Waals surface area contributed by atoms with Gasteiger partial charge in [-0.25, -0.2) is 23.1 Å². The molecule has 2 heterocycles. The second kappa shape index (κ2) is 17.8. The SMILES string of the molecule is C[C@@H]1N(C(=O)OCOC(=O)CCCCCCCOC(=O)c2cc(S(N)(=O)=O)c(Cl)cc2NCc2ccco2)C(C)(C)CO[C@@]1(O)c1cccc(Cl)c1. The number of unbranched alkanes of at least 4 members (excludes halogenated alkanes) is 4. The summed E-state index contributed by atoms with van der Waals surface area (Å²) in [6, 6.07) is 11.5. The van der Waals surface area contributed by atoms with Gasteiger partial charge in [-0.05, 0) is 70.0 Å². The molecule has 1 aromatic heterocycles. The van der Waals surface area contributed by atoms with E-state index in [-0.39, 0.29) is 42.5 Å². The topological polar surface area (TPSA) is 197 Å². The molecule has 2 aromatic carbocycles. The Morgan fingerprint density at radius 2 is 1.75 bits per heavy atom. The number of aliphatic hydroxyl groups is 1. The summed E-state index contributed by atoms with van der Waals surface area (Å²) in [6.45, 7) is 4.86. The average molecular weight is 785 g/mol. The molecule has 0 spiro atoms. The van der Waals surface area contributed by atoms with Crippen LogP contribution in [0.4, 0.5) is 10.5 Å². The largest absolute Gasteiger partial charge is 0.467 e. The van der Waals surface area contributed by atoms with Gasteiger partial charge in [-0.2, -0.15) is 0 Å². The van der Waals surface area contributed by atoms with E-state index in [0.29, 0.717) is 42.0 Å². The molecule has 14 nitrogen and oxygen atoms in total. The minimum absolute atomic E-state index is 0.00757. The Hall–Kier alpha value is -3.86. The second-order valence-corrected chi connectivity index (χ2v) is 15.2. The number of ether oxygens (including phenoxy) is 4. The minimum atomic E-state index is -4.20. The lowest BCUT2D eigenvalue weighted by Crippen LogP contribution is -2.66. The van der Waals surface area contributed by atoms with Gasteiger partial charge in [-0.1, -0.05) is 54.6 Å². The number of amides is 1. The molecule has 1 saturated heterocycles. The Balaban J connectivity index is 1.15. The van der Waals surface area contributed by atoms with E-state index in [1.165, 1.54) is 17.2 Å². The van der Waals surface area contributed by atoms with E-state index in [9.17, 15) is 27.9 Å². The van der Waals surface area contributed by atoms with Crippen LogP contribution in [0.15, 0.2) is 64.1 Å². The number of rotatable bonds is 16. The highest BCUT2D eigenvalue weighted by Crippen LogP contribution is 2.40. The molecule has 1 aliphatic rings. The number of nitrogens with two attached hydrogens (primary N) is 1. The first kappa shape index (κ1) is 40.9. The van der Waals surface area contributed by atoms with E-state index >= 15 is 0 Å². The molecule has 3 aromatic rings. The van der Waals surface area contributed by atoms with Crippen LogP contribution in [0.3, 0.4) is 0 Å². The van der Waals surface area contributed by atoms with Crippen molar-refractivity contribution in [3.8, 4) is 0 Å². The number of benzene rings is 2. The Labute approximate surface area is 312 Å². The first-order valence-corrected chi connectivity index (χ1v) is 18.9. The van der Waals surface area contributed by atoms with Gasteiger partial charge in [0, 0.05) is 17.0 Å². The maximum atomic E-state index is 13.1. The summed E-state index contributed by atoms with van der Waals surface area (Å²) in [6.07, 6.45) is 4.01. The number of furan rings is 1. The summed E-state index contributed by atoms with van der Waals surface area (Å²) in [4.78, 5) is 39.3. The lowest BCUT2D eigenvalue weighted by atomic mass is 9.90. The van der Waals surface area contributed by atoms with Crippen molar-refractivity contribution in [2.75, 3.05) is 25.3 Å². The lowest BCUT2D eigenvalue weighted by Gasteiger charge is -2.52. The first-order chi connectivity index (χ1) is 24.5. The van der Waals surface area contributed by atoms with Crippen molar-refractivity contribution < 1.29 is 51.3 Å². The summed E-state index contributed by atoms with van der Waals surface area (Å²) < 4.78 is 50.9. The molecular formula is C35H43Cl2N3O11S. The Kier molecular flexibility index (Phi) is 14.0. The molecule has 0 aliphatic carbocycles. The highest BCUT2D eigenvalue weighted by Gasteiger charge is 2.53. The smallest absolute Gasteiger partial charge is 0.413 e. The van der Waals surface area contributed by atoms with E-state index in [0.717, 1.165) is 12.5 Å². The van der Waals surface area contributed by atoms with E-state index in [1.807, 2.05) is 0 Å². The zero-order valence-electron chi connectivity index (χ0n) is 29.1. The maximum absolute atomic E-state index is 13.1. The number of morpholine rings is 1. The van der Waals surface area contributed by atoms with Gasteiger partial charge < -0.3 is 33.8 Å². The minimum Gasteiger partial charge on any atom is -0.467 e. The zero-order chi connectivity index (χ0) is 38.1. The van der Waals surface area contributed by atoms with E-state index in [4.69, 9.17) is 51.7 Å². The number of esters is 2. The molecular weight excluding hydrogens is 741 g/mol. The standard InChI is InChI=1S/C35H43Cl2N3O11S/c1-23-35(44,24-11-9-12-25(36)17-24)51-21-34(2,3)40(23)33(43)50-22-49-31(41)14-7-5-4-6-8-15-48-32(42)27-18-30(52(38,45)46)28(37)19-29(27)39-20-26-13-10-16-47-26/h9-13,16-19,23,39,44H,4-8,14-15,20-22H2,1-3H3,(H2,38,45,46)/t23-,35+/m0/s1. The van der Waals surface area contributed by atoms with Crippen molar-refractivity contribution >= 4 is 56.9 Å². The number of carbonyl (C=O) groups excluding carboxylic acids is 3. The fourth-order valence-electron chi connectivity index (χ4n) is 5.73. The third kappa shape index (κ3) is 10.6. The monoisotopic (exact) mass is 783 g/mol. The molecule has 284 valence electrons. The molecule has 0 bridgehead atoms. The molecule has 4 rings (SSSR count). The molecule has 4 N–H and O–H groups in total. The fraction of sp³-hybridized carbons (Fsp3) is 0.457. The van der Waals surface area contributed by atoms with Gasteiger partial charge in [0.05, 0.1) is 53.9 Å². The van der Waals surface area contributed by atoms with Crippen LogP contribution in [0.25, 0.3) is 0 Å². The van der Waals surface area contributed by atoms with Crippen molar-refractivity contribution in [2.45, 2.75) is 88.1 Å². The highest BCUT2D eigenvalue weighted by atomic mass is 35.5. The predicted molar refractivity (Wildman–Crippen MR) is 191 cm³/mol. The van der Waals surface area contributed by atoms with Gasteiger partial charge in [0.2, 0.25) is 22.6 Å². The number of hydrogen-bond donors (Lipinski definition) is 3. The number of nitrogens with one attached hydrogen (secondary N) is 1. The van der Waals surface area contributed by atoms with Crippen LogP contribution < -0.4 is 10.5 Å². The Morgan fingerprint density at radius 3 is 2.44 bits per heavy atom. The first-order valence-electron chi connectivity index (χ1n) is 16.6. The molecule has 1 amide bonds. The number of carbonyl (C=O) groups is 3. The van der Waals surface area contributed by atoms with Gasteiger partial charge in [0.1, 0.15) is 10.7 Å². The second-order valence-electron chi connectivity index (χ2n) is 12.9. The normalized spacial score (nSPS) is 18.4. The lowest BCUT2D eigenvalue weighted by molar-refractivity contribution is -0.295. The molecule has 17 heteroatoms. The van der Waals surface area contributed by atoms with Gasteiger partial charge in [-0.3, -0.25) is 9.69 Å². The number of primary sulfonamides is 1.